The molecule has 0 bridgehead atoms. The first kappa shape index (κ1) is 13.8. The van der Waals surface area contributed by atoms with Gasteiger partial charge >= 0.3 is 6.61 Å². The van der Waals surface area contributed by atoms with Gasteiger partial charge in [0.25, 0.3) is 0 Å². The lowest BCUT2D eigenvalue weighted by atomic mass is 10.0. The SMILES string of the molecule is Cn1ncc(Cl)c1C(N)c1cccc(OC(F)F)c1. The van der Waals surface area contributed by atoms with Gasteiger partial charge in [0.15, 0.2) is 0 Å². The van der Waals surface area contributed by atoms with Crippen molar-refractivity contribution in [3.63, 3.8) is 0 Å². The molecule has 4 nitrogen and oxygen atoms in total. The summed E-state index contributed by atoms with van der Waals surface area (Å²) in [5.74, 6) is 0.0567. The molecule has 7 heteroatoms. The summed E-state index contributed by atoms with van der Waals surface area (Å²) in [4.78, 5) is 0. The van der Waals surface area contributed by atoms with Crippen molar-refractivity contribution in [3.05, 3.63) is 46.7 Å². The molecular formula is C12H12ClF2N3O. The Morgan fingerprint density at radius 2 is 2.16 bits per heavy atom. The Bertz CT molecular complexity index is 554. The zero-order chi connectivity index (χ0) is 14.0. The van der Waals surface area contributed by atoms with Gasteiger partial charge in [-0.3, -0.25) is 4.68 Å². The number of halogens is 3. The first-order valence-corrected chi connectivity index (χ1v) is 5.84. The van der Waals surface area contributed by atoms with Gasteiger partial charge in [0, 0.05) is 7.05 Å². The van der Waals surface area contributed by atoms with Crippen LogP contribution in [0.3, 0.4) is 0 Å². The molecule has 2 N–H and O–H groups in total. The number of nitrogens with two attached hydrogens (primary N) is 1. The third kappa shape index (κ3) is 3.02. The van der Waals surface area contributed by atoms with E-state index in [0.29, 0.717) is 16.3 Å². The molecule has 1 heterocycles. The summed E-state index contributed by atoms with van der Waals surface area (Å²) in [6, 6.07) is 5.64. The molecule has 19 heavy (non-hydrogen) atoms. The van der Waals surface area contributed by atoms with Crippen molar-refractivity contribution in [1.82, 2.24) is 9.78 Å². The molecule has 1 atom stereocenters. The molecule has 2 aromatic rings. The van der Waals surface area contributed by atoms with Crippen molar-refractivity contribution in [3.8, 4) is 5.75 Å². The van der Waals surface area contributed by atoms with Gasteiger partial charge in [0.2, 0.25) is 0 Å². The highest BCUT2D eigenvalue weighted by molar-refractivity contribution is 6.31. The number of rotatable bonds is 4. The summed E-state index contributed by atoms with van der Waals surface area (Å²) < 4.78 is 30.2. The average molecular weight is 288 g/mol. The van der Waals surface area contributed by atoms with Crippen LogP contribution in [0.15, 0.2) is 30.5 Å². The fraction of sp³-hybridized carbons (Fsp3) is 0.250. The van der Waals surface area contributed by atoms with E-state index in [1.54, 1.807) is 23.9 Å². The molecule has 0 saturated heterocycles. The van der Waals surface area contributed by atoms with Crippen molar-refractivity contribution < 1.29 is 13.5 Å². The molecule has 0 aliphatic rings. The Morgan fingerprint density at radius 3 is 2.74 bits per heavy atom. The second kappa shape index (κ2) is 5.54. The van der Waals surface area contributed by atoms with Gasteiger partial charge < -0.3 is 10.5 Å². The van der Waals surface area contributed by atoms with Crippen molar-refractivity contribution in [2.24, 2.45) is 12.8 Å². The Kier molecular flexibility index (Phi) is 4.01. The molecule has 1 aromatic heterocycles. The maximum Gasteiger partial charge on any atom is 0.387 e. The van der Waals surface area contributed by atoms with Crippen LogP contribution in [-0.2, 0) is 7.05 Å². The molecule has 0 fully saturated rings. The second-order valence-electron chi connectivity index (χ2n) is 3.93. The molecule has 0 aliphatic carbocycles. The molecule has 0 saturated carbocycles. The standard InChI is InChI=1S/C12H12ClF2N3O/c1-18-11(9(13)6-17-18)10(16)7-3-2-4-8(5-7)19-12(14)15/h2-6,10,12H,16H2,1H3. The minimum Gasteiger partial charge on any atom is -0.435 e. The lowest BCUT2D eigenvalue weighted by Crippen LogP contribution is -2.16. The Balaban J connectivity index is 2.31. The molecule has 1 aromatic carbocycles. The average Bonchev–Trinajstić information content (AvgIpc) is 2.68. The minimum atomic E-state index is -2.87. The Hall–Kier alpha value is -1.66. The van der Waals surface area contributed by atoms with Gasteiger partial charge in [-0.2, -0.15) is 13.9 Å². The number of benzene rings is 1. The number of ether oxygens (including phenoxy) is 1. The summed E-state index contributed by atoms with van der Waals surface area (Å²) in [7, 11) is 1.71. The molecular weight excluding hydrogens is 276 g/mol. The third-order valence-electron chi connectivity index (χ3n) is 2.67. The first-order chi connectivity index (χ1) is 8.99. The summed E-state index contributed by atoms with van der Waals surface area (Å²) in [6.07, 6.45) is 1.48. The van der Waals surface area contributed by atoms with E-state index in [4.69, 9.17) is 17.3 Å². The molecule has 1 unspecified atom stereocenters. The van der Waals surface area contributed by atoms with E-state index in [9.17, 15) is 8.78 Å². The smallest absolute Gasteiger partial charge is 0.387 e. The highest BCUT2D eigenvalue weighted by Crippen LogP contribution is 2.28. The molecule has 0 spiro atoms. The second-order valence-corrected chi connectivity index (χ2v) is 4.34. The predicted molar refractivity (Wildman–Crippen MR) is 67.3 cm³/mol. The zero-order valence-electron chi connectivity index (χ0n) is 10.1. The van der Waals surface area contributed by atoms with Crippen LogP contribution >= 0.6 is 11.6 Å². The van der Waals surface area contributed by atoms with Crippen LogP contribution in [0.1, 0.15) is 17.3 Å². The van der Waals surface area contributed by atoms with Crippen LogP contribution in [-0.4, -0.2) is 16.4 Å². The highest BCUT2D eigenvalue weighted by atomic mass is 35.5. The zero-order valence-corrected chi connectivity index (χ0v) is 10.8. The van der Waals surface area contributed by atoms with E-state index in [-0.39, 0.29) is 5.75 Å². The maximum atomic E-state index is 12.2. The van der Waals surface area contributed by atoms with E-state index in [0.717, 1.165) is 0 Å². The van der Waals surface area contributed by atoms with Gasteiger partial charge in [-0.25, -0.2) is 0 Å². The Morgan fingerprint density at radius 1 is 1.42 bits per heavy atom. The fourth-order valence-electron chi connectivity index (χ4n) is 1.81. The maximum absolute atomic E-state index is 12.2. The largest absolute Gasteiger partial charge is 0.435 e. The van der Waals surface area contributed by atoms with Crippen molar-refractivity contribution >= 4 is 11.6 Å². The van der Waals surface area contributed by atoms with Crippen molar-refractivity contribution in [2.75, 3.05) is 0 Å². The van der Waals surface area contributed by atoms with Gasteiger partial charge in [-0.15, -0.1) is 0 Å². The number of aryl methyl sites for hydroxylation is 1. The topological polar surface area (TPSA) is 53.1 Å². The number of aromatic nitrogens is 2. The van der Waals surface area contributed by atoms with E-state index in [1.807, 2.05) is 0 Å². The van der Waals surface area contributed by atoms with Gasteiger partial charge in [0.05, 0.1) is 23.0 Å². The molecule has 102 valence electrons. The van der Waals surface area contributed by atoms with Crippen molar-refractivity contribution in [1.29, 1.82) is 0 Å². The first-order valence-electron chi connectivity index (χ1n) is 5.46. The van der Waals surface area contributed by atoms with Crippen LogP contribution in [0.5, 0.6) is 5.75 Å². The molecule has 0 radical (unpaired) electrons. The third-order valence-corrected chi connectivity index (χ3v) is 2.97. The monoisotopic (exact) mass is 287 g/mol. The van der Waals surface area contributed by atoms with Crippen LogP contribution in [0.4, 0.5) is 8.78 Å². The van der Waals surface area contributed by atoms with Crippen molar-refractivity contribution in [2.45, 2.75) is 12.7 Å². The quantitative estimate of drug-likeness (QED) is 0.941. The summed E-state index contributed by atoms with van der Waals surface area (Å²) >= 11 is 6.00. The summed E-state index contributed by atoms with van der Waals surface area (Å²) in [6.45, 7) is -2.87. The number of alkyl halides is 2. The van der Waals surface area contributed by atoms with Crippen LogP contribution in [0.2, 0.25) is 5.02 Å². The lowest BCUT2D eigenvalue weighted by molar-refractivity contribution is -0.0498. The van der Waals surface area contributed by atoms with Crippen LogP contribution in [0, 0.1) is 0 Å². The number of hydrogen-bond acceptors (Lipinski definition) is 3. The van der Waals surface area contributed by atoms with E-state index >= 15 is 0 Å². The molecule has 0 aliphatic heterocycles. The summed E-state index contributed by atoms with van der Waals surface area (Å²) in [5, 5.41) is 4.41. The fourth-order valence-corrected chi connectivity index (χ4v) is 2.10. The van der Waals surface area contributed by atoms with Gasteiger partial charge in [0.1, 0.15) is 5.75 Å². The van der Waals surface area contributed by atoms with E-state index in [2.05, 4.69) is 9.84 Å². The Labute approximate surface area is 113 Å². The normalized spacial score (nSPS) is 12.7. The van der Waals surface area contributed by atoms with Crippen LogP contribution < -0.4 is 10.5 Å². The van der Waals surface area contributed by atoms with Gasteiger partial charge in [-0.05, 0) is 17.7 Å². The van der Waals surface area contributed by atoms with E-state index < -0.39 is 12.7 Å². The highest BCUT2D eigenvalue weighted by Gasteiger charge is 2.18. The molecule has 2 rings (SSSR count). The van der Waals surface area contributed by atoms with E-state index in [1.165, 1.54) is 18.3 Å². The summed E-state index contributed by atoms with van der Waals surface area (Å²) in [5.41, 5.74) is 7.30. The number of nitrogens with zero attached hydrogens (tertiary/aromatic N) is 2. The predicted octanol–water partition coefficient (Wildman–Crippen LogP) is 2.72. The van der Waals surface area contributed by atoms with Gasteiger partial charge in [-0.1, -0.05) is 23.7 Å². The number of hydrogen-bond donors (Lipinski definition) is 1. The lowest BCUT2D eigenvalue weighted by Gasteiger charge is -2.14. The minimum absolute atomic E-state index is 0.0567. The van der Waals surface area contributed by atoms with Crippen LogP contribution in [0.25, 0.3) is 0 Å². The molecule has 0 amide bonds.